The van der Waals surface area contributed by atoms with Crippen LogP contribution in [-0.2, 0) is 5.60 Å². The molecule has 0 aliphatic carbocycles. The third-order valence-electron chi connectivity index (χ3n) is 5.75. The summed E-state index contributed by atoms with van der Waals surface area (Å²) >= 11 is 0. The third-order valence-corrected chi connectivity index (χ3v) is 5.75. The Morgan fingerprint density at radius 2 is 1.97 bits per heavy atom. The molecule has 3 N–H and O–H groups in total. The number of methoxy groups -OCH3 is 1. The van der Waals surface area contributed by atoms with E-state index in [0.29, 0.717) is 19.4 Å². The number of nitrogens with one attached hydrogen (secondary N) is 1. The summed E-state index contributed by atoms with van der Waals surface area (Å²) in [6, 6.07) is 15.5. The van der Waals surface area contributed by atoms with Gasteiger partial charge in [-0.05, 0) is 48.7 Å². The highest BCUT2D eigenvalue weighted by molar-refractivity contribution is 5.85. The lowest BCUT2D eigenvalue weighted by Crippen LogP contribution is -2.46. The maximum Gasteiger partial charge on any atom is 0.128 e. The number of likely N-dealkylation sites (tertiary alicyclic amines) is 1. The number of aliphatic hydroxyl groups excluding tert-OH is 1. The molecule has 1 aromatic heterocycles. The molecule has 1 atom stereocenters. The summed E-state index contributed by atoms with van der Waals surface area (Å²) in [7, 11) is 1.63. The van der Waals surface area contributed by atoms with Gasteiger partial charge in [-0.1, -0.05) is 18.2 Å². The van der Waals surface area contributed by atoms with Gasteiger partial charge in [0.1, 0.15) is 24.2 Å². The number of benzene rings is 2. The molecule has 0 saturated carbocycles. The Bertz CT molecular complexity index is 947. The van der Waals surface area contributed by atoms with Crippen molar-refractivity contribution in [2.24, 2.45) is 0 Å². The molecular formula is C23H28N2O4. The van der Waals surface area contributed by atoms with E-state index in [0.717, 1.165) is 41.1 Å². The summed E-state index contributed by atoms with van der Waals surface area (Å²) in [5, 5.41) is 22.5. The van der Waals surface area contributed by atoms with Crippen LogP contribution in [0.25, 0.3) is 10.9 Å². The predicted octanol–water partition coefficient (Wildman–Crippen LogP) is 2.90. The number of aliphatic hydroxyl groups is 2. The molecule has 154 valence electrons. The molecule has 2 heterocycles. The first-order valence-corrected chi connectivity index (χ1v) is 10.0. The van der Waals surface area contributed by atoms with Crippen LogP contribution in [0.15, 0.2) is 54.7 Å². The number of rotatable bonds is 7. The van der Waals surface area contributed by atoms with Gasteiger partial charge >= 0.3 is 0 Å². The van der Waals surface area contributed by atoms with Gasteiger partial charge in [-0.25, -0.2) is 0 Å². The van der Waals surface area contributed by atoms with Crippen LogP contribution in [0.3, 0.4) is 0 Å². The van der Waals surface area contributed by atoms with Gasteiger partial charge in [-0.2, -0.15) is 0 Å². The standard InChI is InChI=1S/C23H28N2O4/c1-28-19-5-2-4-17(14-19)23(27)9-12-25(13-10-23)15-18(26)16-29-22-7-3-6-21-20(22)8-11-24-21/h2-8,11,14,18,24,26-27H,9-10,12-13,15-16H2,1H3/t18-/m0/s1/i15+2. The van der Waals surface area contributed by atoms with E-state index in [1.54, 1.807) is 7.11 Å². The molecule has 1 fully saturated rings. The van der Waals surface area contributed by atoms with E-state index in [-0.39, 0.29) is 6.61 Å². The summed E-state index contributed by atoms with van der Waals surface area (Å²) in [6.45, 7) is 2.20. The Kier molecular flexibility index (Phi) is 5.76. The van der Waals surface area contributed by atoms with E-state index < -0.39 is 11.7 Å². The number of ether oxygens (including phenoxy) is 2. The summed E-state index contributed by atoms with van der Waals surface area (Å²) in [4.78, 5) is 5.34. The van der Waals surface area contributed by atoms with Crippen molar-refractivity contribution >= 4 is 10.9 Å². The second kappa shape index (κ2) is 8.45. The molecule has 1 saturated heterocycles. The number of aromatic nitrogens is 1. The van der Waals surface area contributed by atoms with E-state index >= 15 is 0 Å². The Morgan fingerprint density at radius 1 is 1.17 bits per heavy atom. The number of hydrogen-bond donors (Lipinski definition) is 3. The van der Waals surface area contributed by atoms with Crippen molar-refractivity contribution in [2.45, 2.75) is 24.5 Å². The maximum absolute atomic E-state index is 11.1. The van der Waals surface area contributed by atoms with E-state index in [4.69, 9.17) is 9.47 Å². The summed E-state index contributed by atoms with van der Waals surface area (Å²) < 4.78 is 11.1. The van der Waals surface area contributed by atoms with Gasteiger partial charge in [0.05, 0.1) is 12.7 Å². The van der Waals surface area contributed by atoms with E-state index in [1.165, 1.54) is 0 Å². The molecular weight excluding hydrogens is 370 g/mol. The van der Waals surface area contributed by atoms with Crippen LogP contribution in [0.5, 0.6) is 11.5 Å². The predicted molar refractivity (Wildman–Crippen MR) is 112 cm³/mol. The van der Waals surface area contributed by atoms with Crippen molar-refractivity contribution in [3.8, 4) is 11.5 Å². The lowest BCUT2D eigenvalue weighted by atomic mass is 9.85. The van der Waals surface area contributed by atoms with E-state index in [2.05, 4.69) is 9.88 Å². The number of aromatic amines is 1. The largest absolute Gasteiger partial charge is 0.497 e. The molecule has 0 radical (unpaired) electrons. The molecule has 1 aliphatic rings. The zero-order valence-electron chi connectivity index (χ0n) is 16.7. The highest BCUT2D eigenvalue weighted by atomic mass is 16.5. The number of β-amino-alcohol motifs (C(OH)–C–C–N with tert-alkyl or cyclic N) is 1. The molecule has 6 heteroatoms. The summed E-state index contributed by atoms with van der Waals surface area (Å²) in [5.74, 6) is 1.53. The molecule has 3 aromatic rings. The van der Waals surface area contributed by atoms with Crippen LogP contribution in [0.4, 0.5) is 0 Å². The molecule has 0 unspecified atom stereocenters. The normalized spacial score (nSPS) is 17.9. The molecule has 2 aromatic carbocycles. The highest BCUT2D eigenvalue weighted by Gasteiger charge is 2.34. The number of fused-ring (bicyclic) bond motifs is 1. The van der Waals surface area contributed by atoms with Crippen LogP contribution < -0.4 is 9.47 Å². The van der Waals surface area contributed by atoms with E-state index in [1.807, 2.05) is 54.7 Å². The Hall–Kier alpha value is -2.54. The van der Waals surface area contributed by atoms with Crippen LogP contribution in [-0.4, -0.2) is 59.6 Å². The average Bonchev–Trinajstić information content (AvgIpc) is 3.23. The zero-order valence-corrected chi connectivity index (χ0v) is 16.7. The van der Waals surface area contributed by atoms with Gasteiger partial charge in [0.25, 0.3) is 0 Å². The van der Waals surface area contributed by atoms with Gasteiger partial charge in [-0.3, -0.25) is 0 Å². The van der Waals surface area contributed by atoms with Crippen LogP contribution in [0, 0.1) is 0 Å². The molecule has 4 rings (SSSR count). The lowest BCUT2D eigenvalue weighted by molar-refractivity contribution is -0.0373. The van der Waals surface area contributed by atoms with Gasteiger partial charge in [0, 0.05) is 36.7 Å². The lowest BCUT2D eigenvalue weighted by Gasteiger charge is -2.39. The van der Waals surface area contributed by atoms with Gasteiger partial charge in [0.15, 0.2) is 0 Å². The molecule has 0 bridgehead atoms. The minimum atomic E-state index is -0.851. The number of nitrogens with zero attached hydrogens (tertiary/aromatic N) is 1. The van der Waals surface area contributed by atoms with Crippen molar-refractivity contribution in [3.05, 3.63) is 60.3 Å². The number of piperidine rings is 1. The van der Waals surface area contributed by atoms with Crippen LogP contribution in [0.2, 0.25) is 0 Å². The fourth-order valence-electron chi connectivity index (χ4n) is 4.03. The van der Waals surface area contributed by atoms with Crippen LogP contribution >= 0.6 is 0 Å². The first kappa shape index (κ1) is 19.8. The first-order chi connectivity index (χ1) is 14.1. The minimum Gasteiger partial charge on any atom is -0.497 e. The maximum atomic E-state index is 11.1. The van der Waals surface area contributed by atoms with Crippen molar-refractivity contribution in [2.75, 3.05) is 33.4 Å². The van der Waals surface area contributed by atoms with Crippen molar-refractivity contribution in [1.29, 1.82) is 0 Å². The highest BCUT2D eigenvalue weighted by Crippen LogP contribution is 2.34. The van der Waals surface area contributed by atoms with E-state index in [9.17, 15) is 10.2 Å². The van der Waals surface area contributed by atoms with Crippen molar-refractivity contribution in [3.63, 3.8) is 0 Å². The van der Waals surface area contributed by atoms with Crippen molar-refractivity contribution < 1.29 is 19.7 Å². The summed E-state index contributed by atoms with van der Waals surface area (Å²) in [6.07, 6.45) is 2.53. The molecule has 6 nitrogen and oxygen atoms in total. The smallest absolute Gasteiger partial charge is 0.128 e. The SMILES string of the molecule is COc1cccc(C2(O)CCN([14CH2][C@H](O)COc3cccc4[nH]ccc34)CC2)c1. The van der Waals surface area contributed by atoms with Crippen molar-refractivity contribution in [1.82, 2.24) is 9.88 Å². The van der Waals surface area contributed by atoms with Gasteiger partial charge in [0.2, 0.25) is 0 Å². The Balaban J connectivity index is 1.29. The monoisotopic (exact) mass is 398 g/mol. The Labute approximate surface area is 170 Å². The zero-order chi connectivity index (χ0) is 20.3. The number of H-pyrrole nitrogens is 1. The average molecular weight is 398 g/mol. The quantitative estimate of drug-likeness (QED) is 0.570. The Morgan fingerprint density at radius 3 is 2.76 bits per heavy atom. The summed E-state index contributed by atoms with van der Waals surface area (Å²) in [5.41, 5.74) is 1.06. The fourth-order valence-corrected chi connectivity index (χ4v) is 4.03. The molecule has 0 amide bonds. The van der Waals surface area contributed by atoms with Crippen LogP contribution in [0.1, 0.15) is 18.4 Å². The first-order valence-electron chi connectivity index (χ1n) is 10.0. The molecule has 29 heavy (non-hydrogen) atoms. The van der Waals surface area contributed by atoms with Gasteiger partial charge in [-0.15, -0.1) is 0 Å². The second-order valence-electron chi connectivity index (χ2n) is 7.72. The topological polar surface area (TPSA) is 78.0 Å². The second-order valence-corrected chi connectivity index (χ2v) is 7.72. The minimum absolute atomic E-state index is 0.237. The van der Waals surface area contributed by atoms with Gasteiger partial charge < -0.3 is 29.6 Å². The molecule has 0 spiro atoms. The fraction of sp³-hybridized carbons (Fsp3) is 0.391. The third kappa shape index (κ3) is 4.40. The number of hydrogen-bond acceptors (Lipinski definition) is 5. The molecule has 1 aliphatic heterocycles.